The fourth-order valence-corrected chi connectivity index (χ4v) is 2.49. The molecule has 3 N–H and O–H groups in total. The van der Waals surface area contributed by atoms with Crippen molar-refractivity contribution in [2.75, 3.05) is 23.7 Å². The zero-order valence-corrected chi connectivity index (χ0v) is 11.9. The molecular formula is C12H15N7S. The van der Waals surface area contributed by atoms with Crippen molar-refractivity contribution in [3.63, 3.8) is 0 Å². The Kier molecular flexibility index (Phi) is 3.73. The molecule has 0 bridgehead atoms. The van der Waals surface area contributed by atoms with E-state index in [1.807, 2.05) is 18.5 Å². The molecule has 3 aromatic rings. The summed E-state index contributed by atoms with van der Waals surface area (Å²) < 4.78 is 0. The van der Waals surface area contributed by atoms with E-state index in [0.29, 0.717) is 5.95 Å². The minimum absolute atomic E-state index is 0.598. The average molecular weight is 289 g/mol. The van der Waals surface area contributed by atoms with Crippen LogP contribution < -0.4 is 10.6 Å². The van der Waals surface area contributed by atoms with Crippen molar-refractivity contribution in [1.82, 2.24) is 25.1 Å². The van der Waals surface area contributed by atoms with Gasteiger partial charge in [0.15, 0.2) is 5.65 Å². The fraction of sp³-hybridized carbons (Fsp3) is 0.333. The van der Waals surface area contributed by atoms with Crippen LogP contribution in [0.1, 0.15) is 11.9 Å². The van der Waals surface area contributed by atoms with E-state index in [4.69, 9.17) is 0 Å². The number of hydrogen-bond acceptors (Lipinski definition) is 7. The SMILES string of the molecule is CCNc1nc(NCCc2nccs2)c2cn[nH]c2n1. The summed E-state index contributed by atoms with van der Waals surface area (Å²) in [5.41, 5.74) is 0.729. The summed E-state index contributed by atoms with van der Waals surface area (Å²) in [5.74, 6) is 1.39. The van der Waals surface area contributed by atoms with Crippen molar-refractivity contribution in [2.45, 2.75) is 13.3 Å². The minimum Gasteiger partial charge on any atom is -0.369 e. The van der Waals surface area contributed by atoms with Gasteiger partial charge in [-0.15, -0.1) is 11.3 Å². The number of nitrogens with one attached hydrogen (secondary N) is 3. The first kappa shape index (κ1) is 12.8. The van der Waals surface area contributed by atoms with Gasteiger partial charge in [-0.3, -0.25) is 5.10 Å². The number of thiazole rings is 1. The summed E-state index contributed by atoms with van der Waals surface area (Å²) in [6, 6.07) is 0. The smallest absolute Gasteiger partial charge is 0.226 e. The number of nitrogens with zero attached hydrogens (tertiary/aromatic N) is 4. The normalized spacial score (nSPS) is 10.8. The lowest BCUT2D eigenvalue weighted by atomic mass is 10.3. The molecule has 0 fully saturated rings. The molecule has 0 radical (unpaired) electrons. The molecule has 7 nitrogen and oxygen atoms in total. The maximum atomic E-state index is 4.47. The number of fused-ring (bicyclic) bond motifs is 1. The van der Waals surface area contributed by atoms with Gasteiger partial charge in [0.25, 0.3) is 0 Å². The van der Waals surface area contributed by atoms with Crippen LogP contribution in [0.5, 0.6) is 0 Å². The van der Waals surface area contributed by atoms with E-state index in [9.17, 15) is 0 Å². The predicted octanol–water partition coefficient (Wildman–Crippen LogP) is 1.90. The number of rotatable bonds is 6. The van der Waals surface area contributed by atoms with Gasteiger partial charge in [-0.05, 0) is 6.92 Å². The maximum Gasteiger partial charge on any atom is 0.226 e. The standard InChI is InChI=1S/C12H15N7S/c1-2-13-12-17-10(8-7-16-19-11(8)18-12)15-4-3-9-14-5-6-20-9/h5-7H,2-4H2,1H3,(H3,13,15,16,17,18,19). The Morgan fingerprint density at radius 2 is 2.25 bits per heavy atom. The van der Waals surface area contributed by atoms with Gasteiger partial charge in [-0.1, -0.05) is 0 Å². The number of hydrogen-bond donors (Lipinski definition) is 3. The van der Waals surface area contributed by atoms with Crippen LogP contribution in [0.15, 0.2) is 17.8 Å². The molecule has 8 heteroatoms. The Morgan fingerprint density at radius 3 is 3.05 bits per heavy atom. The molecule has 0 aliphatic carbocycles. The van der Waals surface area contributed by atoms with Crippen molar-refractivity contribution in [3.8, 4) is 0 Å². The van der Waals surface area contributed by atoms with E-state index in [-0.39, 0.29) is 0 Å². The average Bonchev–Trinajstić information content (AvgIpc) is 3.09. The molecule has 0 atom stereocenters. The molecule has 0 unspecified atom stereocenters. The van der Waals surface area contributed by atoms with E-state index >= 15 is 0 Å². The molecule has 0 spiro atoms. The van der Waals surface area contributed by atoms with Crippen LogP contribution >= 0.6 is 11.3 Å². The van der Waals surface area contributed by atoms with Gasteiger partial charge in [0.2, 0.25) is 5.95 Å². The first-order valence-electron chi connectivity index (χ1n) is 6.44. The van der Waals surface area contributed by atoms with Gasteiger partial charge >= 0.3 is 0 Å². The highest BCUT2D eigenvalue weighted by molar-refractivity contribution is 7.09. The molecular weight excluding hydrogens is 274 g/mol. The highest BCUT2D eigenvalue weighted by atomic mass is 32.1. The number of aromatic amines is 1. The molecule has 0 aromatic carbocycles. The molecule has 0 aliphatic rings. The number of H-pyrrole nitrogens is 1. The molecule has 0 aliphatic heterocycles. The van der Waals surface area contributed by atoms with Crippen LogP contribution in [0.2, 0.25) is 0 Å². The lowest BCUT2D eigenvalue weighted by Crippen LogP contribution is -2.09. The molecule has 0 amide bonds. The van der Waals surface area contributed by atoms with Crippen molar-refractivity contribution in [2.24, 2.45) is 0 Å². The summed E-state index contributed by atoms with van der Waals surface area (Å²) in [5, 5.41) is 17.3. The van der Waals surface area contributed by atoms with E-state index in [0.717, 1.165) is 41.4 Å². The molecule has 3 aromatic heterocycles. The first-order chi connectivity index (χ1) is 9.86. The zero-order chi connectivity index (χ0) is 13.8. The molecule has 0 saturated carbocycles. The highest BCUT2D eigenvalue weighted by Gasteiger charge is 2.08. The summed E-state index contributed by atoms with van der Waals surface area (Å²) in [6.07, 6.45) is 4.43. The predicted molar refractivity (Wildman–Crippen MR) is 80.2 cm³/mol. The van der Waals surface area contributed by atoms with E-state index in [2.05, 4.69) is 35.8 Å². The minimum atomic E-state index is 0.598. The van der Waals surface area contributed by atoms with E-state index in [1.165, 1.54) is 0 Å². The number of anilines is 2. The van der Waals surface area contributed by atoms with Crippen molar-refractivity contribution < 1.29 is 0 Å². The van der Waals surface area contributed by atoms with E-state index in [1.54, 1.807) is 17.5 Å². The second-order valence-electron chi connectivity index (χ2n) is 4.16. The summed E-state index contributed by atoms with van der Waals surface area (Å²) in [7, 11) is 0. The summed E-state index contributed by atoms with van der Waals surface area (Å²) in [6.45, 7) is 3.56. The monoisotopic (exact) mass is 289 g/mol. The Labute approximate surface area is 119 Å². The van der Waals surface area contributed by atoms with Gasteiger partial charge in [-0.25, -0.2) is 4.98 Å². The van der Waals surface area contributed by atoms with Gasteiger partial charge in [0, 0.05) is 31.1 Å². The second kappa shape index (κ2) is 5.83. The van der Waals surface area contributed by atoms with Crippen LogP contribution in [-0.2, 0) is 6.42 Å². The van der Waals surface area contributed by atoms with Crippen molar-refractivity contribution >= 4 is 34.1 Å². The first-order valence-corrected chi connectivity index (χ1v) is 7.32. The quantitative estimate of drug-likeness (QED) is 0.642. The van der Waals surface area contributed by atoms with Crippen LogP contribution in [-0.4, -0.2) is 38.2 Å². The Hall–Kier alpha value is -2.22. The molecule has 3 heterocycles. The molecule has 104 valence electrons. The molecule has 3 rings (SSSR count). The van der Waals surface area contributed by atoms with Crippen molar-refractivity contribution in [3.05, 3.63) is 22.8 Å². The largest absolute Gasteiger partial charge is 0.369 e. The van der Waals surface area contributed by atoms with Crippen LogP contribution in [0.4, 0.5) is 11.8 Å². The third kappa shape index (κ3) is 2.69. The van der Waals surface area contributed by atoms with Gasteiger partial charge in [-0.2, -0.15) is 15.1 Å². The van der Waals surface area contributed by atoms with Crippen LogP contribution in [0.3, 0.4) is 0 Å². The summed E-state index contributed by atoms with van der Waals surface area (Å²) in [4.78, 5) is 13.1. The molecule has 0 saturated heterocycles. The fourth-order valence-electron chi connectivity index (χ4n) is 1.87. The topological polar surface area (TPSA) is 91.4 Å². The Morgan fingerprint density at radius 1 is 1.30 bits per heavy atom. The van der Waals surface area contributed by atoms with Crippen LogP contribution in [0, 0.1) is 0 Å². The summed E-state index contributed by atoms with van der Waals surface area (Å²) >= 11 is 1.66. The zero-order valence-electron chi connectivity index (χ0n) is 11.1. The van der Waals surface area contributed by atoms with Gasteiger partial charge in [0.05, 0.1) is 16.6 Å². The maximum absolute atomic E-state index is 4.47. The van der Waals surface area contributed by atoms with Crippen LogP contribution in [0.25, 0.3) is 11.0 Å². The third-order valence-electron chi connectivity index (χ3n) is 2.76. The molecule has 20 heavy (non-hydrogen) atoms. The van der Waals surface area contributed by atoms with Gasteiger partial charge < -0.3 is 10.6 Å². The Balaban J connectivity index is 1.76. The Bertz CT molecular complexity index is 676. The highest BCUT2D eigenvalue weighted by Crippen LogP contribution is 2.19. The van der Waals surface area contributed by atoms with Gasteiger partial charge in [0.1, 0.15) is 5.82 Å². The number of aromatic nitrogens is 5. The van der Waals surface area contributed by atoms with Crippen molar-refractivity contribution in [1.29, 1.82) is 0 Å². The second-order valence-corrected chi connectivity index (χ2v) is 5.14. The lowest BCUT2D eigenvalue weighted by Gasteiger charge is -2.08. The lowest BCUT2D eigenvalue weighted by molar-refractivity contribution is 0.985. The third-order valence-corrected chi connectivity index (χ3v) is 3.60. The van der Waals surface area contributed by atoms with E-state index < -0.39 is 0 Å².